The summed E-state index contributed by atoms with van der Waals surface area (Å²) >= 11 is 0. The molecule has 2 aromatic rings. The number of aliphatic hydroxyl groups excluding tert-OH is 1. The maximum absolute atomic E-state index is 13.3. The van der Waals surface area contributed by atoms with Crippen LogP contribution in [0.2, 0.25) is 0 Å². The SMILES string of the molecule is CCOc1ccc(/C(O)=C2/C(=O)C(=O)N(CCN(CC)CC)C2c2ccc(O)cc2)cc1C(C)C. The van der Waals surface area contributed by atoms with Gasteiger partial charge in [0.15, 0.2) is 0 Å². The molecule has 188 valence electrons. The zero-order chi connectivity index (χ0) is 25.7. The van der Waals surface area contributed by atoms with E-state index >= 15 is 0 Å². The Morgan fingerprint density at radius 1 is 1.06 bits per heavy atom. The number of rotatable bonds is 10. The van der Waals surface area contributed by atoms with E-state index in [0.717, 1.165) is 24.4 Å². The third-order valence-corrected chi connectivity index (χ3v) is 6.51. The Morgan fingerprint density at radius 3 is 2.29 bits per heavy atom. The molecule has 7 nitrogen and oxygen atoms in total. The van der Waals surface area contributed by atoms with E-state index in [-0.39, 0.29) is 23.0 Å². The van der Waals surface area contributed by atoms with Crippen LogP contribution in [0.5, 0.6) is 11.5 Å². The predicted molar refractivity (Wildman–Crippen MR) is 137 cm³/mol. The van der Waals surface area contributed by atoms with Crippen molar-refractivity contribution >= 4 is 17.4 Å². The fraction of sp³-hybridized carbons (Fsp3) is 0.429. The van der Waals surface area contributed by atoms with Gasteiger partial charge in [-0.05, 0) is 67.4 Å². The summed E-state index contributed by atoms with van der Waals surface area (Å²) in [5.74, 6) is -0.604. The van der Waals surface area contributed by atoms with Gasteiger partial charge in [0.1, 0.15) is 17.3 Å². The molecule has 7 heteroatoms. The topological polar surface area (TPSA) is 90.3 Å². The maximum atomic E-state index is 13.3. The number of hydrogen-bond donors (Lipinski definition) is 2. The first-order valence-electron chi connectivity index (χ1n) is 12.3. The van der Waals surface area contributed by atoms with Crippen molar-refractivity contribution in [2.45, 2.75) is 46.6 Å². The lowest BCUT2D eigenvalue weighted by Gasteiger charge is -2.28. The Labute approximate surface area is 207 Å². The number of nitrogens with zero attached hydrogens (tertiary/aromatic N) is 2. The second kappa shape index (κ2) is 11.4. The number of likely N-dealkylation sites (N-methyl/N-ethyl adjacent to an activating group) is 1. The monoisotopic (exact) mass is 480 g/mol. The lowest BCUT2D eigenvalue weighted by atomic mass is 9.93. The highest BCUT2D eigenvalue weighted by molar-refractivity contribution is 6.46. The van der Waals surface area contributed by atoms with E-state index < -0.39 is 17.7 Å². The zero-order valence-corrected chi connectivity index (χ0v) is 21.2. The molecule has 0 aromatic heterocycles. The number of phenolic OH excluding ortho intramolecular Hbond substituents is 1. The standard InChI is InChI=1S/C28H36N2O5/c1-6-29(7-2)15-16-30-25(19-9-12-21(31)13-10-19)24(27(33)28(30)34)26(32)20-11-14-23(35-8-3)22(17-20)18(4)5/h9-14,17-18,25,31-32H,6-8,15-16H2,1-5H3/b26-24-. The van der Waals surface area contributed by atoms with Crippen molar-refractivity contribution in [1.29, 1.82) is 0 Å². The first kappa shape index (κ1) is 26.3. The van der Waals surface area contributed by atoms with E-state index in [1.54, 1.807) is 24.3 Å². The molecular weight excluding hydrogens is 444 g/mol. The van der Waals surface area contributed by atoms with Crippen molar-refractivity contribution in [3.63, 3.8) is 0 Å². The highest BCUT2D eigenvalue weighted by Gasteiger charge is 2.46. The third-order valence-electron chi connectivity index (χ3n) is 6.51. The largest absolute Gasteiger partial charge is 0.508 e. The van der Waals surface area contributed by atoms with E-state index in [1.165, 1.54) is 17.0 Å². The first-order valence-corrected chi connectivity index (χ1v) is 12.3. The van der Waals surface area contributed by atoms with Crippen LogP contribution >= 0.6 is 0 Å². The number of amides is 1. The average molecular weight is 481 g/mol. The molecule has 1 fully saturated rings. The minimum atomic E-state index is -0.750. The van der Waals surface area contributed by atoms with Crippen molar-refractivity contribution < 1.29 is 24.5 Å². The molecule has 1 saturated heterocycles. The van der Waals surface area contributed by atoms with Gasteiger partial charge in [-0.15, -0.1) is 0 Å². The van der Waals surface area contributed by atoms with Crippen molar-refractivity contribution in [2.24, 2.45) is 0 Å². The summed E-state index contributed by atoms with van der Waals surface area (Å²) in [6.07, 6.45) is 0. The molecule has 1 aliphatic heterocycles. The second-order valence-corrected chi connectivity index (χ2v) is 8.95. The molecule has 35 heavy (non-hydrogen) atoms. The van der Waals surface area contributed by atoms with E-state index in [1.807, 2.05) is 40.7 Å². The molecule has 0 aliphatic carbocycles. The van der Waals surface area contributed by atoms with E-state index in [0.29, 0.717) is 30.8 Å². The molecule has 1 atom stereocenters. The summed E-state index contributed by atoms with van der Waals surface area (Å²) in [6.45, 7) is 13.2. The predicted octanol–water partition coefficient (Wildman–Crippen LogP) is 4.68. The molecule has 3 rings (SSSR count). The quantitative estimate of drug-likeness (QED) is 0.292. The minimum absolute atomic E-state index is 0.0547. The van der Waals surface area contributed by atoms with Crippen molar-refractivity contribution in [3.8, 4) is 11.5 Å². The first-order chi connectivity index (χ1) is 16.7. The Hall–Kier alpha value is -3.32. The van der Waals surface area contributed by atoms with Crippen LogP contribution in [-0.4, -0.2) is 64.5 Å². The number of likely N-dealkylation sites (tertiary alicyclic amines) is 1. The second-order valence-electron chi connectivity index (χ2n) is 8.95. The number of aromatic hydroxyl groups is 1. The van der Waals surface area contributed by atoms with Crippen molar-refractivity contribution in [1.82, 2.24) is 9.80 Å². The molecule has 2 aromatic carbocycles. The molecule has 1 amide bonds. The van der Waals surface area contributed by atoms with Gasteiger partial charge in [-0.2, -0.15) is 0 Å². The van der Waals surface area contributed by atoms with Crippen LogP contribution in [0.3, 0.4) is 0 Å². The normalized spacial score (nSPS) is 17.6. The average Bonchev–Trinajstić information content (AvgIpc) is 3.10. The Morgan fingerprint density at radius 2 is 1.71 bits per heavy atom. The van der Waals surface area contributed by atoms with Gasteiger partial charge in [0.2, 0.25) is 0 Å². The van der Waals surface area contributed by atoms with Crippen LogP contribution in [0, 0.1) is 0 Å². The molecule has 0 spiro atoms. The highest BCUT2D eigenvalue weighted by Crippen LogP contribution is 2.40. The van der Waals surface area contributed by atoms with Gasteiger partial charge >= 0.3 is 0 Å². The van der Waals surface area contributed by atoms with E-state index in [4.69, 9.17) is 4.74 Å². The lowest BCUT2D eigenvalue weighted by Crippen LogP contribution is -2.38. The van der Waals surface area contributed by atoms with Gasteiger partial charge < -0.3 is 24.7 Å². The maximum Gasteiger partial charge on any atom is 0.295 e. The number of carbonyl (C=O) groups is 2. The molecule has 2 N–H and O–H groups in total. The van der Waals surface area contributed by atoms with Gasteiger partial charge in [-0.3, -0.25) is 9.59 Å². The summed E-state index contributed by atoms with van der Waals surface area (Å²) in [7, 11) is 0. The van der Waals surface area contributed by atoms with Crippen LogP contribution in [0.15, 0.2) is 48.0 Å². The van der Waals surface area contributed by atoms with Gasteiger partial charge in [-0.25, -0.2) is 0 Å². The number of hydrogen-bond acceptors (Lipinski definition) is 6. The fourth-order valence-corrected chi connectivity index (χ4v) is 4.49. The zero-order valence-electron chi connectivity index (χ0n) is 21.2. The molecule has 1 heterocycles. The number of benzene rings is 2. The summed E-state index contributed by atoms with van der Waals surface area (Å²) in [5, 5.41) is 21.2. The lowest BCUT2D eigenvalue weighted by molar-refractivity contribution is -0.140. The van der Waals surface area contributed by atoms with Crippen LogP contribution in [0.1, 0.15) is 63.3 Å². The summed E-state index contributed by atoms with van der Waals surface area (Å²) in [4.78, 5) is 30.1. The fourth-order valence-electron chi connectivity index (χ4n) is 4.49. The summed E-state index contributed by atoms with van der Waals surface area (Å²) in [5.41, 5.74) is 2.08. The minimum Gasteiger partial charge on any atom is -0.508 e. The molecular formula is C28H36N2O5. The number of ether oxygens (including phenoxy) is 1. The highest BCUT2D eigenvalue weighted by atomic mass is 16.5. The molecule has 0 bridgehead atoms. The van der Waals surface area contributed by atoms with Crippen LogP contribution in [0.4, 0.5) is 0 Å². The Bertz CT molecular complexity index is 1090. The molecule has 0 radical (unpaired) electrons. The van der Waals surface area contributed by atoms with Crippen molar-refractivity contribution in [3.05, 3.63) is 64.7 Å². The summed E-state index contributed by atoms with van der Waals surface area (Å²) in [6, 6.07) is 11.0. The molecule has 1 aliphatic rings. The Balaban J connectivity index is 2.13. The number of ketones is 1. The van der Waals surface area contributed by atoms with Crippen LogP contribution in [-0.2, 0) is 9.59 Å². The van der Waals surface area contributed by atoms with Crippen LogP contribution in [0.25, 0.3) is 5.76 Å². The van der Waals surface area contributed by atoms with Gasteiger partial charge in [0.25, 0.3) is 11.7 Å². The van der Waals surface area contributed by atoms with Gasteiger partial charge in [0.05, 0.1) is 18.2 Å². The third kappa shape index (κ3) is 5.51. The molecule has 1 unspecified atom stereocenters. The van der Waals surface area contributed by atoms with E-state index in [2.05, 4.69) is 4.90 Å². The molecule has 0 saturated carbocycles. The number of Topliss-reactive ketones (excluding diaryl/α,β-unsaturated/α-hetero) is 1. The number of phenols is 1. The summed E-state index contributed by atoms with van der Waals surface area (Å²) < 4.78 is 5.74. The number of carbonyl (C=O) groups excluding carboxylic acids is 2. The smallest absolute Gasteiger partial charge is 0.295 e. The Kier molecular flexibility index (Phi) is 8.57. The van der Waals surface area contributed by atoms with Gasteiger partial charge in [-0.1, -0.05) is 39.8 Å². The van der Waals surface area contributed by atoms with E-state index in [9.17, 15) is 19.8 Å². The van der Waals surface area contributed by atoms with Crippen molar-refractivity contribution in [2.75, 3.05) is 32.8 Å². The number of aliphatic hydroxyl groups is 1. The van der Waals surface area contributed by atoms with Gasteiger partial charge in [0, 0.05) is 18.7 Å². The van der Waals surface area contributed by atoms with Crippen LogP contribution < -0.4 is 4.74 Å².